The van der Waals surface area contributed by atoms with Crippen LogP contribution in [0.25, 0.3) is 0 Å². The predicted octanol–water partition coefficient (Wildman–Crippen LogP) is 6.98. The normalized spacial score (nSPS) is 35.9. The van der Waals surface area contributed by atoms with Gasteiger partial charge in [-0.3, -0.25) is 9.59 Å². The fourth-order valence-electron chi connectivity index (χ4n) is 5.98. The molecule has 0 aromatic heterocycles. The Bertz CT molecular complexity index is 909. The summed E-state index contributed by atoms with van der Waals surface area (Å²) in [5, 5.41) is 0.110. The van der Waals surface area contributed by atoms with Crippen molar-refractivity contribution in [2.45, 2.75) is 123 Å². The summed E-state index contributed by atoms with van der Waals surface area (Å²) in [5.41, 5.74) is 1.04. The van der Waals surface area contributed by atoms with E-state index < -0.39 is 8.32 Å². The van der Waals surface area contributed by atoms with Gasteiger partial charge < -0.3 is 13.9 Å². The molecule has 36 heavy (non-hydrogen) atoms. The lowest BCUT2D eigenvalue weighted by molar-refractivity contribution is -0.162. The van der Waals surface area contributed by atoms with Crippen molar-refractivity contribution < 1.29 is 23.5 Å². The molecule has 1 heterocycles. The van der Waals surface area contributed by atoms with E-state index in [1.165, 1.54) is 5.57 Å². The number of fused-ring (bicyclic) bond motifs is 1. The summed E-state index contributed by atoms with van der Waals surface area (Å²) < 4.78 is 18.7. The lowest BCUT2D eigenvalue weighted by atomic mass is 9.65. The molecule has 5 nitrogen and oxygen atoms in total. The topological polar surface area (TPSA) is 61.8 Å². The number of carbonyl (C=O) groups is 2. The summed E-state index contributed by atoms with van der Waals surface area (Å²) in [6, 6.07) is 0. The van der Waals surface area contributed by atoms with Gasteiger partial charge in [-0.2, -0.15) is 0 Å². The van der Waals surface area contributed by atoms with Crippen LogP contribution >= 0.6 is 0 Å². The van der Waals surface area contributed by atoms with Crippen molar-refractivity contribution in [3.05, 3.63) is 23.8 Å². The van der Waals surface area contributed by atoms with Crippen molar-refractivity contribution in [2.75, 3.05) is 0 Å². The number of ether oxygens (including phenoxy) is 2. The summed E-state index contributed by atoms with van der Waals surface area (Å²) in [6.07, 6.45) is 12.3. The number of cyclic esters (lactones) is 1. The lowest BCUT2D eigenvalue weighted by Crippen LogP contribution is -2.47. The molecule has 4 aliphatic rings. The molecule has 7 atom stereocenters. The average Bonchev–Trinajstić information content (AvgIpc) is 3.50. The van der Waals surface area contributed by atoms with Crippen molar-refractivity contribution in [1.82, 2.24) is 0 Å². The van der Waals surface area contributed by atoms with Crippen LogP contribution in [-0.2, 0) is 23.5 Å². The van der Waals surface area contributed by atoms with Crippen molar-refractivity contribution in [3.8, 4) is 0 Å². The van der Waals surface area contributed by atoms with Crippen LogP contribution in [0.5, 0.6) is 0 Å². The number of esters is 2. The molecule has 0 amide bonds. The summed E-state index contributed by atoms with van der Waals surface area (Å²) in [6.45, 7) is 17.7. The summed E-state index contributed by atoms with van der Waals surface area (Å²) in [5.74, 6) is 1.20. The first-order valence-electron chi connectivity index (χ1n) is 14.2. The van der Waals surface area contributed by atoms with Crippen molar-refractivity contribution in [2.24, 2.45) is 29.1 Å². The quantitative estimate of drug-likeness (QED) is 0.270. The third-order valence-electron chi connectivity index (χ3n) is 9.65. The molecule has 0 spiro atoms. The lowest BCUT2D eigenvalue weighted by Gasteiger charge is -2.44. The van der Waals surface area contributed by atoms with E-state index in [9.17, 15) is 9.59 Å². The Kier molecular flexibility index (Phi) is 7.71. The van der Waals surface area contributed by atoms with E-state index in [-0.39, 0.29) is 46.6 Å². The maximum absolute atomic E-state index is 12.9. The first kappa shape index (κ1) is 27.6. The van der Waals surface area contributed by atoms with E-state index in [1.54, 1.807) is 0 Å². The first-order chi connectivity index (χ1) is 16.7. The van der Waals surface area contributed by atoms with Crippen LogP contribution in [0.4, 0.5) is 0 Å². The van der Waals surface area contributed by atoms with Crippen molar-refractivity contribution in [3.63, 3.8) is 0 Å². The molecule has 2 fully saturated rings. The van der Waals surface area contributed by atoms with Gasteiger partial charge in [0.15, 0.2) is 8.32 Å². The molecule has 1 saturated carbocycles. The highest BCUT2D eigenvalue weighted by atomic mass is 28.4. The first-order valence-corrected chi connectivity index (χ1v) is 17.1. The fraction of sp³-hybridized carbons (Fsp3) is 0.800. The Labute approximate surface area is 219 Å². The summed E-state index contributed by atoms with van der Waals surface area (Å²) in [7, 11) is -1.96. The van der Waals surface area contributed by atoms with Crippen LogP contribution < -0.4 is 0 Å². The molecule has 1 saturated heterocycles. The van der Waals surface area contributed by atoms with Gasteiger partial charge in [0.1, 0.15) is 12.2 Å². The largest absolute Gasteiger partial charge is 0.462 e. The molecule has 0 N–H and O–H groups in total. The number of hydrogen-bond acceptors (Lipinski definition) is 5. The molecule has 202 valence electrons. The van der Waals surface area contributed by atoms with E-state index in [1.807, 2.05) is 6.92 Å². The van der Waals surface area contributed by atoms with Crippen LogP contribution in [0.1, 0.15) is 86.5 Å². The van der Waals surface area contributed by atoms with Crippen LogP contribution in [0, 0.1) is 29.1 Å². The smallest absolute Gasteiger partial charge is 0.312 e. The number of allylic oxidation sites excluding steroid dienone is 3. The molecule has 0 radical (unpaired) electrons. The van der Waals surface area contributed by atoms with Crippen molar-refractivity contribution in [1.29, 1.82) is 0 Å². The second-order valence-electron chi connectivity index (χ2n) is 13.9. The Morgan fingerprint density at radius 1 is 1.17 bits per heavy atom. The second kappa shape index (κ2) is 10.1. The van der Waals surface area contributed by atoms with Crippen LogP contribution in [-0.4, -0.2) is 38.6 Å². The Hall–Kier alpha value is -1.40. The number of carbonyl (C=O) groups excluding carboxylic acids is 2. The Morgan fingerprint density at radius 2 is 1.86 bits per heavy atom. The zero-order valence-corrected chi connectivity index (χ0v) is 24.8. The van der Waals surface area contributed by atoms with Gasteiger partial charge in [0.2, 0.25) is 0 Å². The highest BCUT2D eigenvalue weighted by Crippen LogP contribution is 2.49. The Balaban J connectivity index is 1.44. The number of rotatable bonds is 7. The summed E-state index contributed by atoms with van der Waals surface area (Å²) in [4.78, 5) is 25.4. The molecule has 0 unspecified atom stereocenters. The minimum absolute atomic E-state index is 0.0197. The van der Waals surface area contributed by atoms with E-state index in [4.69, 9.17) is 13.9 Å². The third-order valence-corrected chi connectivity index (χ3v) is 14.2. The van der Waals surface area contributed by atoms with Gasteiger partial charge in [0.05, 0.1) is 17.9 Å². The molecule has 0 bridgehead atoms. The zero-order chi connectivity index (χ0) is 26.5. The Morgan fingerprint density at radius 3 is 2.50 bits per heavy atom. The molecule has 4 rings (SSSR count). The SMILES string of the molecule is C[C@H]1C=C2C=C[C@H](C)[C@H](CC[C@@H]3C[C@@H](O[Si](C)(C)C(C)(C)C)CC(=O)O3)[C@H]2[C@@H](OC(=O)C2(C)CC2)C1. The van der Waals surface area contributed by atoms with E-state index in [0.29, 0.717) is 24.2 Å². The van der Waals surface area contributed by atoms with Crippen LogP contribution in [0.15, 0.2) is 23.8 Å². The molecule has 1 aliphatic heterocycles. The zero-order valence-electron chi connectivity index (χ0n) is 23.8. The van der Waals surface area contributed by atoms with E-state index in [2.05, 4.69) is 65.9 Å². The van der Waals surface area contributed by atoms with Gasteiger partial charge in [-0.05, 0) is 80.5 Å². The average molecular weight is 517 g/mol. The van der Waals surface area contributed by atoms with Crippen LogP contribution in [0.3, 0.4) is 0 Å². The van der Waals surface area contributed by atoms with Crippen molar-refractivity contribution >= 4 is 20.3 Å². The summed E-state index contributed by atoms with van der Waals surface area (Å²) >= 11 is 0. The third kappa shape index (κ3) is 6.01. The van der Waals surface area contributed by atoms with Gasteiger partial charge in [-0.25, -0.2) is 0 Å². The maximum Gasteiger partial charge on any atom is 0.312 e. The van der Waals surface area contributed by atoms with E-state index in [0.717, 1.165) is 38.5 Å². The van der Waals surface area contributed by atoms with E-state index >= 15 is 0 Å². The molecular formula is C30H48O5Si. The second-order valence-corrected chi connectivity index (χ2v) is 18.7. The predicted molar refractivity (Wildman–Crippen MR) is 145 cm³/mol. The molecule has 6 heteroatoms. The molecule has 0 aromatic carbocycles. The highest BCUT2D eigenvalue weighted by Gasteiger charge is 2.49. The minimum Gasteiger partial charge on any atom is -0.462 e. The highest BCUT2D eigenvalue weighted by molar-refractivity contribution is 6.74. The van der Waals surface area contributed by atoms with Gasteiger partial charge in [0.25, 0.3) is 0 Å². The van der Waals surface area contributed by atoms with Gasteiger partial charge in [-0.15, -0.1) is 0 Å². The monoisotopic (exact) mass is 516 g/mol. The van der Waals surface area contributed by atoms with Crippen LogP contribution in [0.2, 0.25) is 18.1 Å². The number of hydrogen-bond donors (Lipinski definition) is 0. The van der Waals surface area contributed by atoms with Gasteiger partial charge in [-0.1, -0.05) is 52.8 Å². The molecule has 3 aliphatic carbocycles. The molecular weight excluding hydrogens is 468 g/mol. The van der Waals surface area contributed by atoms with Gasteiger partial charge >= 0.3 is 11.9 Å². The fourth-order valence-corrected chi connectivity index (χ4v) is 7.34. The van der Waals surface area contributed by atoms with Gasteiger partial charge in [0, 0.05) is 12.3 Å². The minimum atomic E-state index is -1.96. The molecule has 0 aromatic rings. The maximum atomic E-state index is 12.9. The standard InChI is InChI=1S/C30H48O5Si/c1-19-15-21-10-9-20(2)24(27(21)25(16-19)34-28(32)30(6)13-14-30)12-11-22-17-23(18-26(31)33-22)35-36(7,8)29(3,4)5/h9-10,15,19-20,22-25,27H,11-14,16-18H2,1-8H3/t19-,20-,22+,23+,24-,25-,27-/m0/s1.